The third-order valence-electron chi connectivity index (χ3n) is 3.53. The molecule has 0 aromatic rings. The number of carbonyl (C=O) groups excluding carboxylic acids is 3. The van der Waals surface area contributed by atoms with Gasteiger partial charge in [-0.1, -0.05) is 0 Å². The van der Waals surface area contributed by atoms with Crippen LogP contribution in [0.15, 0.2) is 0 Å². The van der Waals surface area contributed by atoms with E-state index < -0.39 is 11.7 Å². The molecular formula is C16H29N3O5. The van der Waals surface area contributed by atoms with Gasteiger partial charge in [-0.05, 0) is 33.6 Å². The highest BCUT2D eigenvalue weighted by Crippen LogP contribution is 2.11. The Hall–Kier alpha value is -1.83. The summed E-state index contributed by atoms with van der Waals surface area (Å²) >= 11 is 0. The van der Waals surface area contributed by atoms with Crippen molar-refractivity contribution in [3.8, 4) is 0 Å². The Morgan fingerprint density at radius 2 is 1.79 bits per heavy atom. The highest BCUT2D eigenvalue weighted by atomic mass is 16.6. The number of methoxy groups -OCH3 is 1. The van der Waals surface area contributed by atoms with Crippen LogP contribution in [0.4, 0.5) is 4.79 Å². The van der Waals surface area contributed by atoms with Crippen molar-refractivity contribution in [1.29, 1.82) is 0 Å². The van der Waals surface area contributed by atoms with Gasteiger partial charge in [0.25, 0.3) is 0 Å². The van der Waals surface area contributed by atoms with Crippen LogP contribution in [0.1, 0.15) is 40.0 Å². The van der Waals surface area contributed by atoms with Crippen molar-refractivity contribution in [2.45, 2.75) is 51.7 Å². The molecule has 0 unspecified atom stereocenters. The summed E-state index contributed by atoms with van der Waals surface area (Å²) in [7, 11) is 1.56. The summed E-state index contributed by atoms with van der Waals surface area (Å²) in [6.45, 7) is 6.73. The quantitative estimate of drug-likeness (QED) is 0.738. The lowest BCUT2D eigenvalue weighted by Crippen LogP contribution is -2.49. The number of hydrogen-bond donors (Lipinski definition) is 2. The van der Waals surface area contributed by atoms with Gasteiger partial charge in [0.15, 0.2) is 0 Å². The van der Waals surface area contributed by atoms with Crippen LogP contribution in [0.2, 0.25) is 0 Å². The van der Waals surface area contributed by atoms with Crippen molar-refractivity contribution in [1.82, 2.24) is 15.5 Å². The van der Waals surface area contributed by atoms with Crippen LogP contribution in [0.5, 0.6) is 0 Å². The molecule has 0 atom stereocenters. The van der Waals surface area contributed by atoms with Gasteiger partial charge in [0.2, 0.25) is 11.8 Å². The number of nitrogens with one attached hydrogen (secondary N) is 2. The zero-order valence-corrected chi connectivity index (χ0v) is 15.0. The summed E-state index contributed by atoms with van der Waals surface area (Å²) < 4.78 is 9.96. The van der Waals surface area contributed by atoms with Gasteiger partial charge in [0, 0.05) is 32.7 Å². The Morgan fingerprint density at radius 1 is 1.17 bits per heavy atom. The van der Waals surface area contributed by atoms with Gasteiger partial charge in [0.05, 0.1) is 6.61 Å². The molecule has 1 aliphatic heterocycles. The van der Waals surface area contributed by atoms with Gasteiger partial charge < -0.3 is 25.0 Å². The fourth-order valence-corrected chi connectivity index (χ4v) is 2.34. The van der Waals surface area contributed by atoms with Crippen molar-refractivity contribution in [3.63, 3.8) is 0 Å². The molecule has 0 saturated carbocycles. The fourth-order valence-electron chi connectivity index (χ4n) is 2.34. The molecule has 1 fully saturated rings. The summed E-state index contributed by atoms with van der Waals surface area (Å²) in [5.74, 6) is -0.182. The van der Waals surface area contributed by atoms with Gasteiger partial charge in [-0.25, -0.2) is 4.79 Å². The Labute approximate surface area is 143 Å². The average Bonchev–Trinajstić information content (AvgIpc) is 2.49. The minimum Gasteiger partial charge on any atom is -0.444 e. The van der Waals surface area contributed by atoms with Crippen LogP contribution in [-0.4, -0.2) is 67.8 Å². The molecule has 1 heterocycles. The maximum atomic E-state index is 12.1. The lowest BCUT2D eigenvalue weighted by Gasteiger charge is -2.32. The Balaban J connectivity index is 2.25. The predicted molar refractivity (Wildman–Crippen MR) is 88.5 cm³/mol. The molecule has 1 saturated heterocycles. The minimum absolute atomic E-state index is 0.0341. The van der Waals surface area contributed by atoms with E-state index in [-0.39, 0.29) is 24.4 Å². The van der Waals surface area contributed by atoms with E-state index >= 15 is 0 Å². The van der Waals surface area contributed by atoms with E-state index in [4.69, 9.17) is 9.47 Å². The van der Waals surface area contributed by atoms with E-state index in [0.717, 1.165) is 0 Å². The van der Waals surface area contributed by atoms with Crippen molar-refractivity contribution >= 4 is 17.9 Å². The number of ether oxygens (including phenoxy) is 2. The second kappa shape index (κ2) is 9.46. The monoisotopic (exact) mass is 343 g/mol. The summed E-state index contributed by atoms with van der Waals surface area (Å²) in [4.78, 5) is 37.0. The molecule has 0 radical (unpaired) electrons. The summed E-state index contributed by atoms with van der Waals surface area (Å²) in [5, 5.41) is 5.41. The highest BCUT2D eigenvalue weighted by Gasteiger charge is 2.24. The van der Waals surface area contributed by atoms with Gasteiger partial charge in [-0.3, -0.25) is 9.59 Å². The second-order valence-electron chi connectivity index (χ2n) is 6.82. The first-order valence-corrected chi connectivity index (χ1v) is 8.24. The molecule has 8 heteroatoms. The number of nitrogens with zero attached hydrogens (tertiary/aromatic N) is 1. The lowest BCUT2D eigenvalue weighted by molar-refractivity contribution is -0.131. The van der Waals surface area contributed by atoms with E-state index in [2.05, 4.69) is 10.6 Å². The smallest absolute Gasteiger partial charge is 0.408 e. The number of piperidine rings is 1. The van der Waals surface area contributed by atoms with Crippen LogP contribution in [0.3, 0.4) is 0 Å². The molecule has 0 aliphatic carbocycles. The third kappa shape index (κ3) is 8.14. The predicted octanol–water partition coefficient (Wildman–Crippen LogP) is 0.655. The first kappa shape index (κ1) is 20.2. The van der Waals surface area contributed by atoms with E-state index in [1.54, 1.807) is 32.8 Å². The third-order valence-corrected chi connectivity index (χ3v) is 3.53. The average molecular weight is 343 g/mol. The molecule has 1 rings (SSSR count). The van der Waals surface area contributed by atoms with Crippen LogP contribution in [0.25, 0.3) is 0 Å². The van der Waals surface area contributed by atoms with Crippen molar-refractivity contribution in [3.05, 3.63) is 0 Å². The number of alkyl carbamates (subject to hydrolysis) is 1. The van der Waals surface area contributed by atoms with Crippen LogP contribution in [0, 0.1) is 0 Å². The SMILES string of the molecule is COCCC(=O)NC1CCN(C(=O)CNC(=O)OC(C)(C)C)CC1. The maximum Gasteiger partial charge on any atom is 0.408 e. The second-order valence-corrected chi connectivity index (χ2v) is 6.82. The summed E-state index contributed by atoms with van der Waals surface area (Å²) in [6.07, 6.45) is 1.15. The molecule has 0 aromatic heterocycles. The number of rotatable bonds is 6. The topological polar surface area (TPSA) is 97.0 Å². The van der Waals surface area contributed by atoms with E-state index in [1.807, 2.05) is 0 Å². The molecule has 24 heavy (non-hydrogen) atoms. The maximum absolute atomic E-state index is 12.1. The van der Waals surface area contributed by atoms with E-state index in [1.165, 1.54) is 0 Å². The molecule has 1 aliphatic rings. The zero-order chi connectivity index (χ0) is 18.2. The van der Waals surface area contributed by atoms with Crippen molar-refractivity contribution in [2.24, 2.45) is 0 Å². The highest BCUT2D eigenvalue weighted by molar-refractivity contribution is 5.82. The minimum atomic E-state index is -0.601. The zero-order valence-electron chi connectivity index (χ0n) is 15.0. The van der Waals surface area contributed by atoms with Gasteiger partial charge >= 0.3 is 6.09 Å². The Bertz CT molecular complexity index is 439. The molecule has 138 valence electrons. The number of hydrogen-bond acceptors (Lipinski definition) is 5. The van der Waals surface area contributed by atoms with E-state index in [0.29, 0.717) is 39.0 Å². The summed E-state index contributed by atoms with van der Waals surface area (Å²) in [5.41, 5.74) is -0.591. The van der Waals surface area contributed by atoms with Crippen LogP contribution in [-0.2, 0) is 19.1 Å². The largest absolute Gasteiger partial charge is 0.444 e. The Morgan fingerprint density at radius 3 is 2.33 bits per heavy atom. The van der Waals surface area contributed by atoms with Crippen molar-refractivity contribution < 1.29 is 23.9 Å². The molecule has 0 bridgehead atoms. The normalized spacial score (nSPS) is 15.8. The molecule has 8 nitrogen and oxygen atoms in total. The first-order valence-electron chi connectivity index (χ1n) is 8.24. The molecule has 2 N–H and O–H groups in total. The van der Waals surface area contributed by atoms with Crippen molar-refractivity contribution in [2.75, 3.05) is 33.4 Å². The first-order chi connectivity index (χ1) is 11.2. The molecule has 0 spiro atoms. The lowest BCUT2D eigenvalue weighted by atomic mass is 10.0. The summed E-state index contributed by atoms with van der Waals surface area (Å²) in [6, 6.07) is 0.0808. The van der Waals surface area contributed by atoms with E-state index in [9.17, 15) is 14.4 Å². The number of amides is 3. The van der Waals surface area contributed by atoms with Gasteiger partial charge in [-0.2, -0.15) is 0 Å². The standard InChI is InChI=1S/C16H29N3O5/c1-16(2,3)24-15(22)17-11-14(21)19-8-5-12(6-9-19)18-13(20)7-10-23-4/h12H,5-11H2,1-4H3,(H,17,22)(H,18,20). The van der Waals surface area contributed by atoms with Crippen LogP contribution >= 0.6 is 0 Å². The molecule has 0 aromatic carbocycles. The van der Waals surface area contributed by atoms with Crippen LogP contribution < -0.4 is 10.6 Å². The molecular weight excluding hydrogens is 314 g/mol. The van der Waals surface area contributed by atoms with Gasteiger partial charge in [-0.15, -0.1) is 0 Å². The number of carbonyl (C=O) groups is 3. The number of likely N-dealkylation sites (tertiary alicyclic amines) is 1. The fraction of sp³-hybridized carbons (Fsp3) is 0.812. The van der Waals surface area contributed by atoms with Gasteiger partial charge in [0.1, 0.15) is 12.1 Å². The molecule has 3 amide bonds. The Kier molecular flexibility index (Phi) is 7.97.